The number of hydrogen-bond acceptors (Lipinski definition) is 1. The summed E-state index contributed by atoms with van der Waals surface area (Å²) >= 11 is 0. The van der Waals surface area contributed by atoms with Gasteiger partial charge in [-0.25, -0.2) is 0 Å². The van der Waals surface area contributed by atoms with E-state index in [1.165, 1.54) is 44.6 Å². The summed E-state index contributed by atoms with van der Waals surface area (Å²) in [6.07, 6.45) is 10.7. The van der Waals surface area contributed by atoms with E-state index in [2.05, 4.69) is 18.8 Å². The van der Waals surface area contributed by atoms with Gasteiger partial charge in [0.25, 0.3) is 0 Å². The Labute approximate surface area is 93.1 Å². The van der Waals surface area contributed by atoms with E-state index >= 15 is 0 Å². The minimum Gasteiger partial charge on any atom is -0.350 e. The van der Waals surface area contributed by atoms with Gasteiger partial charge in [0.05, 0.1) is 0 Å². The van der Waals surface area contributed by atoms with Crippen molar-refractivity contribution in [2.45, 2.75) is 57.9 Å². The van der Waals surface area contributed by atoms with E-state index in [0.717, 1.165) is 12.3 Å². The van der Waals surface area contributed by atoms with Gasteiger partial charge in [-0.3, -0.25) is 4.79 Å². The fourth-order valence-electron chi connectivity index (χ4n) is 2.34. The molecule has 1 saturated carbocycles. The summed E-state index contributed by atoms with van der Waals surface area (Å²) in [5, 5.41) is 2.91. The second-order valence-corrected chi connectivity index (χ2v) is 4.70. The quantitative estimate of drug-likeness (QED) is 0.693. The molecule has 0 bridgehead atoms. The molecule has 0 spiro atoms. The van der Waals surface area contributed by atoms with Crippen molar-refractivity contribution in [2.75, 3.05) is 0 Å². The Morgan fingerprint density at radius 1 is 1.47 bits per heavy atom. The zero-order chi connectivity index (χ0) is 11.1. The van der Waals surface area contributed by atoms with Crippen molar-refractivity contribution in [3.8, 4) is 0 Å². The Bertz CT molecular complexity index is 207. The van der Waals surface area contributed by atoms with Crippen LogP contribution >= 0.6 is 0 Å². The van der Waals surface area contributed by atoms with Gasteiger partial charge in [-0.05, 0) is 31.8 Å². The molecule has 2 heteroatoms. The first-order chi connectivity index (χ1) is 7.22. The van der Waals surface area contributed by atoms with E-state index in [-0.39, 0.29) is 11.9 Å². The van der Waals surface area contributed by atoms with Crippen LogP contribution in [0.2, 0.25) is 0 Å². The molecule has 1 unspecified atom stereocenters. The highest BCUT2D eigenvalue weighted by molar-refractivity contribution is 5.87. The molecule has 0 aromatic rings. The summed E-state index contributed by atoms with van der Waals surface area (Å²) in [6.45, 7) is 5.53. The monoisotopic (exact) mass is 209 g/mol. The van der Waals surface area contributed by atoms with Crippen LogP contribution < -0.4 is 5.32 Å². The molecule has 1 aliphatic carbocycles. The van der Waals surface area contributed by atoms with Crippen molar-refractivity contribution >= 4 is 5.91 Å². The molecular formula is C13H23NO. The first-order valence-electron chi connectivity index (χ1n) is 6.15. The molecule has 1 amide bonds. The van der Waals surface area contributed by atoms with Gasteiger partial charge in [0.15, 0.2) is 0 Å². The molecule has 0 aliphatic heterocycles. The predicted octanol–water partition coefficient (Wildman–Crippen LogP) is 3.04. The number of carbonyl (C=O) groups excluding carboxylic acids is 1. The van der Waals surface area contributed by atoms with Crippen LogP contribution in [0.4, 0.5) is 0 Å². The lowest BCUT2D eigenvalue weighted by atomic mass is 9.85. The maximum atomic E-state index is 11.0. The summed E-state index contributed by atoms with van der Waals surface area (Å²) < 4.78 is 0. The zero-order valence-electron chi connectivity index (χ0n) is 9.80. The van der Waals surface area contributed by atoms with E-state index < -0.39 is 0 Å². The lowest BCUT2D eigenvalue weighted by Crippen LogP contribution is -2.31. The lowest BCUT2D eigenvalue weighted by Gasteiger charge is -2.23. The number of carbonyl (C=O) groups is 1. The molecule has 1 rings (SSSR count). The fourth-order valence-corrected chi connectivity index (χ4v) is 2.34. The van der Waals surface area contributed by atoms with E-state index in [1.807, 2.05) is 0 Å². The SMILES string of the molecule is C=CC(=O)NC(C)CCC1CCCCC1. The van der Waals surface area contributed by atoms with Crippen molar-refractivity contribution in [1.29, 1.82) is 0 Å². The molecule has 0 radical (unpaired) electrons. The predicted molar refractivity (Wildman–Crippen MR) is 63.6 cm³/mol. The largest absolute Gasteiger partial charge is 0.350 e. The van der Waals surface area contributed by atoms with Gasteiger partial charge in [-0.2, -0.15) is 0 Å². The molecule has 15 heavy (non-hydrogen) atoms. The Morgan fingerprint density at radius 2 is 2.13 bits per heavy atom. The molecule has 2 nitrogen and oxygen atoms in total. The molecule has 1 aliphatic rings. The standard InChI is InChI=1S/C13H23NO/c1-3-13(15)14-11(2)9-10-12-7-5-4-6-8-12/h3,11-12H,1,4-10H2,2H3,(H,14,15). The van der Waals surface area contributed by atoms with Gasteiger partial charge in [-0.1, -0.05) is 38.7 Å². The van der Waals surface area contributed by atoms with E-state index in [9.17, 15) is 4.79 Å². The smallest absolute Gasteiger partial charge is 0.243 e. The Morgan fingerprint density at radius 3 is 2.73 bits per heavy atom. The molecule has 0 heterocycles. The summed E-state index contributed by atoms with van der Waals surface area (Å²) in [5.41, 5.74) is 0. The maximum absolute atomic E-state index is 11.0. The molecule has 1 fully saturated rings. The molecule has 0 aromatic heterocycles. The topological polar surface area (TPSA) is 29.1 Å². The lowest BCUT2D eigenvalue weighted by molar-refractivity contribution is -0.117. The number of rotatable bonds is 5. The van der Waals surface area contributed by atoms with Crippen molar-refractivity contribution in [1.82, 2.24) is 5.32 Å². The van der Waals surface area contributed by atoms with E-state index in [1.54, 1.807) is 0 Å². The van der Waals surface area contributed by atoms with Crippen LogP contribution in [0.3, 0.4) is 0 Å². The van der Waals surface area contributed by atoms with Crippen molar-refractivity contribution in [3.63, 3.8) is 0 Å². The molecule has 0 aromatic carbocycles. The highest BCUT2D eigenvalue weighted by Crippen LogP contribution is 2.27. The van der Waals surface area contributed by atoms with Gasteiger partial charge in [0, 0.05) is 6.04 Å². The molecule has 1 atom stereocenters. The molecular weight excluding hydrogens is 186 g/mol. The van der Waals surface area contributed by atoms with Gasteiger partial charge < -0.3 is 5.32 Å². The van der Waals surface area contributed by atoms with Gasteiger partial charge in [0.1, 0.15) is 0 Å². The average Bonchev–Trinajstić information content (AvgIpc) is 2.27. The minimum atomic E-state index is -0.0499. The molecule has 0 saturated heterocycles. The van der Waals surface area contributed by atoms with Crippen LogP contribution in [-0.4, -0.2) is 11.9 Å². The Kier molecular flexibility index (Phi) is 5.44. The second-order valence-electron chi connectivity index (χ2n) is 4.70. The van der Waals surface area contributed by atoms with Crippen molar-refractivity contribution in [2.24, 2.45) is 5.92 Å². The minimum absolute atomic E-state index is 0.0499. The van der Waals surface area contributed by atoms with Gasteiger partial charge in [-0.15, -0.1) is 0 Å². The number of nitrogens with one attached hydrogen (secondary N) is 1. The first-order valence-corrected chi connectivity index (χ1v) is 6.15. The molecule has 86 valence electrons. The maximum Gasteiger partial charge on any atom is 0.243 e. The zero-order valence-corrected chi connectivity index (χ0v) is 9.80. The van der Waals surface area contributed by atoms with Gasteiger partial charge >= 0.3 is 0 Å². The van der Waals surface area contributed by atoms with Crippen molar-refractivity contribution in [3.05, 3.63) is 12.7 Å². The van der Waals surface area contributed by atoms with Crippen molar-refractivity contribution < 1.29 is 4.79 Å². The summed E-state index contributed by atoms with van der Waals surface area (Å²) in [5.74, 6) is 0.855. The van der Waals surface area contributed by atoms with Crippen LogP contribution in [0.15, 0.2) is 12.7 Å². The first kappa shape index (κ1) is 12.3. The Hall–Kier alpha value is -0.790. The number of amides is 1. The number of hydrogen-bond donors (Lipinski definition) is 1. The fraction of sp³-hybridized carbons (Fsp3) is 0.769. The highest BCUT2D eigenvalue weighted by Gasteiger charge is 2.14. The average molecular weight is 209 g/mol. The van der Waals surface area contributed by atoms with Crippen LogP contribution in [0.1, 0.15) is 51.9 Å². The van der Waals surface area contributed by atoms with Gasteiger partial charge in [0.2, 0.25) is 5.91 Å². The van der Waals surface area contributed by atoms with Crippen LogP contribution in [0.25, 0.3) is 0 Å². The van der Waals surface area contributed by atoms with Crippen LogP contribution in [0, 0.1) is 5.92 Å². The second kappa shape index (κ2) is 6.65. The van der Waals surface area contributed by atoms with Crippen LogP contribution in [0.5, 0.6) is 0 Å². The summed E-state index contributed by atoms with van der Waals surface area (Å²) in [7, 11) is 0. The Balaban J connectivity index is 2.12. The van der Waals surface area contributed by atoms with E-state index in [4.69, 9.17) is 0 Å². The van der Waals surface area contributed by atoms with Crippen LogP contribution in [-0.2, 0) is 4.79 Å². The molecule has 1 N–H and O–H groups in total. The summed E-state index contributed by atoms with van der Waals surface area (Å²) in [6, 6.07) is 0.289. The highest BCUT2D eigenvalue weighted by atomic mass is 16.1. The summed E-state index contributed by atoms with van der Waals surface area (Å²) in [4.78, 5) is 11.0. The third-order valence-electron chi connectivity index (χ3n) is 3.31. The third-order valence-corrected chi connectivity index (χ3v) is 3.31. The van der Waals surface area contributed by atoms with E-state index in [0.29, 0.717) is 0 Å². The normalized spacial score (nSPS) is 19.5. The third kappa shape index (κ3) is 5.01.